The first-order valence-corrected chi connectivity index (χ1v) is 13.7. The van der Waals surface area contributed by atoms with Gasteiger partial charge in [-0.2, -0.15) is 9.57 Å². The normalized spacial score (nSPS) is 19.7. The monoisotopic (exact) mass is 534 g/mol. The number of aromatic nitrogens is 1. The predicted octanol–water partition coefficient (Wildman–Crippen LogP) is 3.16. The highest BCUT2D eigenvalue weighted by atomic mass is 32.2. The Bertz CT molecular complexity index is 1460. The summed E-state index contributed by atoms with van der Waals surface area (Å²) in [5.74, 6) is -0.396. The summed E-state index contributed by atoms with van der Waals surface area (Å²) in [6, 6.07) is 16.7. The lowest BCUT2D eigenvalue weighted by atomic mass is 10.0. The molecule has 1 aromatic heterocycles. The van der Waals surface area contributed by atoms with Crippen molar-refractivity contribution in [2.75, 3.05) is 26.7 Å². The summed E-state index contributed by atoms with van der Waals surface area (Å²) < 4.78 is 35.1. The number of nitriles is 1. The Labute approximate surface area is 223 Å². The van der Waals surface area contributed by atoms with Crippen LogP contribution in [0.25, 0.3) is 11.1 Å². The van der Waals surface area contributed by atoms with E-state index in [0.29, 0.717) is 16.7 Å². The van der Waals surface area contributed by atoms with Crippen LogP contribution in [0.4, 0.5) is 0 Å². The number of pyridine rings is 1. The lowest BCUT2D eigenvalue weighted by Gasteiger charge is -2.37. The number of aliphatic hydroxyl groups is 1. The lowest BCUT2D eigenvalue weighted by molar-refractivity contribution is 0.0563. The summed E-state index contributed by atoms with van der Waals surface area (Å²) in [6.45, 7) is 3.48. The van der Waals surface area contributed by atoms with E-state index in [2.05, 4.69) is 11.1 Å². The Morgan fingerprint density at radius 1 is 1.24 bits per heavy atom. The lowest BCUT2D eigenvalue weighted by Crippen LogP contribution is -2.50. The molecular formula is C28H30N4O5S. The summed E-state index contributed by atoms with van der Waals surface area (Å²) in [6.07, 6.45) is 2.54. The van der Waals surface area contributed by atoms with Crippen LogP contribution in [0.1, 0.15) is 29.8 Å². The molecule has 1 N–H and O–H groups in total. The topological polar surface area (TPSA) is 124 Å². The zero-order valence-electron chi connectivity index (χ0n) is 21.5. The molecule has 198 valence electrons. The fraction of sp³-hybridized carbons (Fsp3) is 0.321. The summed E-state index contributed by atoms with van der Waals surface area (Å²) in [5.41, 5.74) is 2.34. The largest absolute Gasteiger partial charge is 0.487 e. The molecule has 1 amide bonds. The van der Waals surface area contributed by atoms with E-state index in [1.807, 2.05) is 13.0 Å². The molecule has 1 aliphatic rings. The molecule has 0 aliphatic carbocycles. The van der Waals surface area contributed by atoms with Gasteiger partial charge in [0.15, 0.2) is 0 Å². The SMILES string of the molecule is C[C@H]1CN([C@@H](C)CO)S(=O)(=O)c2ccc(-c3cccc(C#N)c3)cc2O[C@H]1CN(C)C(=O)c1cccnc1. The van der Waals surface area contributed by atoms with E-state index < -0.39 is 22.2 Å². The molecule has 0 unspecified atom stereocenters. The van der Waals surface area contributed by atoms with Gasteiger partial charge >= 0.3 is 0 Å². The van der Waals surface area contributed by atoms with E-state index in [1.165, 1.54) is 21.5 Å². The quantitative estimate of drug-likeness (QED) is 0.515. The molecule has 0 radical (unpaired) electrons. The van der Waals surface area contributed by atoms with Crippen molar-refractivity contribution in [1.29, 1.82) is 5.26 Å². The predicted molar refractivity (Wildman–Crippen MR) is 142 cm³/mol. The van der Waals surface area contributed by atoms with Gasteiger partial charge in [-0.1, -0.05) is 25.1 Å². The highest BCUT2D eigenvalue weighted by Gasteiger charge is 2.38. The van der Waals surface area contributed by atoms with Gasteiger partial charge in [-0.15, -0.1) is 0 Å². The Morgan fingerprint density at radius 3 is 2.68 bits per heavy atom. The summed E-state index contributed by atoms with van der Waals surface area (Å²) in [5, 5.41) is 19.1. The zero-order valence-corrected chi connectivity index (χ0v) is 22.3. The number of fused-ring (bicyclic) bond motifs is 1. The number of nitrogens with zero attached hydrogens (tertiary/aromatic N) is 4. The van der Waals surface area contributed by atoms with Gasteiger partial charge in [-0.05, 0) is 54.4 Å². The minimum atomic E-state index is -4.00. The number of hydrogen-bond donors (Lipinski definition) is 1. The van der Waals surface area contributed by atoms with Gasteiger partial charge in [0, 0.05) is 37.9 Å². The second-order valence-electron chi connectivity index (χ2n) is 9.52. The van der Waals surface area contributed by atoms with Crippen molar-refractivity contribution in [2.45, 2.75) is 30.9 Å². The van der Waals surface area contributed by atoms with Gasteiger partial charge in [-0.3, -0.25) is 9.78 Å². The number of ether oxygens (including phenoxy) is 1. The maximum atomic E-state index is 13.7. The standard InChI is InChI=1S/C28H30N4O5S/c1-19-16-32(20(2)18-33)38(35,36)27-10-9-23(22-7-4-6-21(12-22)14-29)13-25(27)37-26(19)17-31(3)28(34)24-8-5-11-30-15-24/h4-13,15,19-20,26,33H,16-18H2,1-3H3/t19-,20-,26-/m0/s1. The molecule has 10 heteroatoms. The van der Waals surface area contributed by atoms with Crippen molar-refractivity contribution in [2.24, 2.45) is 5.92 Å². The number of sulfonamides is 1. The molecule has 0 bridgehead atoms. The Hall–Kier alpha value is -3.78. The second kappa shape index (κ2) is 11.3. The van der Waals surface area contributed by atoms with Crippen LogP contribution in [-0.4, -0.2) is 72.5 Å². The number of carbonyl (C=O) groups excluding carboxylic acids is 1. The first-order chi connectivity index (χ1) is 18.1. The molecule has 3 aromatic rings. The molecule has 0 fully saturated rings. The number of hydrogen-bond acceptors (Lipinski definition) is 7. The van der Waals surface area contributed by atoms with Crippen LogP contribution in [0.15, 0.2) is 71.9 Å². The van der Waals surface area contributed by atoms with E-state index in [0.717, 1.165) is 5.56 Å². The van der Waals surface area contributed by atoms with Crippen molar-refractivity contribution >= 4 is 15.9 Å². The van der Waals surface area contributed by atoms with Crippen molar-refractivity contribution < 1.29 is 23.1 Å². The molecule has 0 saturated heterocycles. The number of benzene rings is 2. The number of aliphatic hydroxyl groups excluding tert-OH is 1. The Morgan fingerprint density at radius 2 is 2.00 bits per heavy atom. The van der Waals surface area contributed by atoms with E-state index in [1.54, 1.807) is 62.6 Å². The Balaban J connectivity index is 1.76. The molecule has 2 aromatic carbocycles. The van der Waals surface area contributed by atoms with Crippen LogP contribution in [0.3, 0.4) is 0 Å². The number of likely N-dealkylation sites (N-methyl/N-ethyl adjacent to an activating group) is 1. The van der Waals surface area contributed by atoms with E-state index in [9.17, 15) is 23.6 Å². The fourth-order valence-electron chi connectivity index (χ4n) is 4.45. The van der Waals surface area contributed by atoms with Crippen LogP contribution in [0.2, 0.25) is 0 Å². The maximum absolute atomic E-state index is 13.7. The third-order valence-corrected chi connectivity index (χ3v) is 8.72. The first kappa shape index (κ1) is 27.3. The second-order valence-corrected chi connectivity index (χ2v) is 11.4. The third kappa shape index (κ3) is 5.55. The zero-order chi connectivity index (χ0) is 27.4. The van der Waals surface area contributed by atoms with Gasteiger partial charge < -0.3 is 14.7 Å². The Kier molecular flexibility index (Phi) is 8.11. The first-order valence-electron chi connectivity index (χ1n) is 12.2. The van der Waals surface area contributed by atoms with Crippen molar-refractivity contribution in [3.63, 3.8) is 0 Å². The minimum absolute atomic E-state index is 0.0175. The summed E-state index contributed by atoms with van der Waals surface area (Å²) >= 11 is 0. The van der Waals surface area contributed by atoms with Crippen molar-refractivity contribution in [1.82, 2.24) is 14.2 Å². The molecule has 2 heterocycles. The average molecular weight is 535 g/mol. The highest BCUT2D eigenvalue weighted by molar-refractivity contribution is 7.89. The molecule has 0 saturated carbocycles. The van der Waals surface area contributed by atoms with Crippen LogP contribution in [0.5, 0.6) is 5.75 Å². The number of rotatable bonds is 6. The summed E-state index contributed by atoms with van der Waals surface area (Å²) in [4.78, 5) is 18.5. The third-order valence-electron chi connectivity index (χ3n) is 6.70. The molecule has 4 rings (SSSR count). The number of amides is 1. The van der Waals surface area contributed by atoms with Gasteiger partial charge in [0.2, 0.25) is 10.0 Å². The van der Waals surface area contributed by atoms with Crippen molar-refractivity contribution in [3.8, 4) is 22.9 Å². The molecule has 38 heavy (non-hydrogen) atoms. The summed E-state index contributed by atoms with van der Waals surface area (Å²) in [7, 11) is -2.34. The van der Waals surface area contributed by atoms with E-state index >= 15 is 0 Å². The van der Waals surface area contributed by atoms with E-state index in [-0.39, 0.29) is 42.2 Å². The molecule has 9 nitrogen and oxygen atoms in total. The molecule has 3 atom stereocenters. The van der Waals surface area contributed by atoms with Gasteiger partial charge in [0.25, 0.3) is 5.91 Å². The van der Waals surface area contributed by atoms with Gasteiger partial charge in [0.1, 0.15) is 16.7 Å². The smallest absolute Gasteiger partial charge is 0.255 e. The highest BCUT2D eigenvalue weighted by Crippen LogP contribution is 2.36. The minimum Gasteiger partial charge on any atom is -0.487 e. The van der Waals surface area contributed by atoms with Crippen LogP contribution >= 0.6 is 0 Å². The van der Waals surface area contributed by atoms with Gasteiger partial charge in [0.05, 0.1) is 30.3 Å². The fourth-order valence-corrected chi connectivity index (χ4v) is 6.28. The molecule has 0 spiro atoms. The number of carbonyl (C=O) groups is 1. The van der Waals surface area contributed by atoms with Crippen LogP contribution in [0, 0.1) is 17.2 Å². The average Bonchev–Trinajstić information content (AvgIpc) is 2.94. The van der Waals surface area contributed by atoms with Crippen LogP contribution < -0.4 is 4.74 Å². The van der Waals surface area contributed by atoms with Crippen LogP contribution in [-0.2, 0) is 10.0 Å². The van der Waals surface area contributed by atoms with Crippen molar-refractivity contribution in [3.05, 3.63) is 78.1 Å². The maximum Gasteiger partial charge on any atom is 0.255 e. The molecular weight excluding hydrogens is 504 g/mol. The van der Waals surface area contributed by atoms with Gasteiger partial charge in [-0.25, -0.2) is 8.42 Å². The molecule has 1 aliphatic heterocycles. The van der Waals surface area contributed by atoms with E-state index in [4.69, 9.17) is 4.74 Å².